The number of nitrogens with zero attached hydrogens (tertiary/aromatic N) is 5. The third-order valence-electron chi connectivity index (χ3n) is 5.89. The van der Waals surface area contributed by atoms with Crippen molar-refractivity contribution in [2.24, 2.45) is 7.05 Å². The van der Waals surface area contributed by atoms with Gasteiger partial charge in [-0.1, -0.05) is 18.6 Å². The average Bonchev–Trinajstić information content (AvgIpc) is 3.23. The summed E-state index contributed by atoms with van der Waals surface area (Å²) in [6, 6.07) is 8.07. The minimum absolute atomic E-state index is 0.169. The van der Waals surface area contributed by atoms with Crippen LogP contribution in [0.15, 0.2) is 36.3 Å². The van der Waals surface area contributed by atoms with Crippen LogP contribution in [0.3, 0.4) is 0 Å². The van der Waals surface area contributed by atoms with Crippen molar-refractivity contribution >= 4 is 5.95 Å². The highest BCUT2D eigenvalue weighted by atomic mass is 16.6. The van der Waals surface area contributed by atoms with Crippen LogP contribution in [0, 0.1) is 10.1 Å². The monoisotopic (exact) mass is 502 g/mol. The summed E-state index contributed by atoms with van der Waals surface area (Å²) in [4.78, 5) is 17.0. The molecule has 0 saturated carbocycles. The van der Waals surface area contributed by atoms with Crippen LogP contribution < -0.4 is 20.7 Å². The van der Waals surface area contributed by atoms with E-state index in [0.29, 0.717) is 37.0 Å². The first-order chi connectivity index (χ1) is 17.4. The van der Waals surface area contributed by atoms with Crippen molar-refractivity contribution < 1.29 is 14.8 Å². The van der Waals surface area contributed by atoms with Gasteiger partial charge in [0.05, 0.1) is 4.92 Å². The number of aliphatic hydroxyl groups is 1. The molecule has 2 heterocycles. The normalized spacial score (nSPS) is 15.4. The van der Waals surface area contributed by atoms with Crippen molar-refractivity contribution in [2.45, 2.75) is 44.8 Å². The lowest BCUT2D eigenvalue weighted by atomic mass is 10.1. The first-order valence-electron chi connectivity index (χ1n) is 12.5. The summed E-state index contributed by atoms with van der Waals surface area (Å²) in [5, 5.41) is 34.2. The molecule has 12 nitrogen and oxygen atoms in total. The Morgan fingerprint density at radius 2 is 2.14 bits per heavy atom. The molecule has 1 aromatic heterocycles. The number of likely N-dealkylation sites (tertiary alicyclic amines) is 1. The molecule has 0 amide bonds. The highest BCUT2D eigenvalue weighted by Gasteiger charge is 2.13. The van der Waals surface area contributed by atoms with E-state index in [2.05, 4.69) is 37.0 Å². The summed E-state index contributed by atoms with van der Waals surface area (Å²) in [5.74, 6) is 2.32. The molecule has 2 aromatic rings. The zero-order valence-corrected chi connectivity index (χ0v) is 21.2. The summed E-state index contributed by atoms with van der Waals surface area (Å²) >= 11 is 0. The Morgan fingerprint density at radius 3 is 2.89 bits per heavy atom. The molecule has 3 rings (SSSR count). The van der Waals surface area contributed by atoms with E-state index < -0.39 is 11.0 Å². The molecule has 1 aliphatic heterocycles. The number of ether oxygens (including phenoxy) is 1. The molecule has 0 radical (unpaired) electrons. The van der Waals surface area contributed by atoms with Gasteiger partial charge < -0.3 is 25.8 Å². The average molecular weight is 503 g/mol. The third-order valence-corrected chi connectivity index (χ3v) is 5.89. The van der Waals surface area contributed by atoms with Crippen LogP contribution in [-0.4, -0.2) is 75.6 Å². The maximum absolute atomic E-state index is 10.6. The largest absolute Gasteiger partial charge is 0.491 e. The molecule has 0 spiro atoms. The SMILES string of the molecule is CNC(=C[N+](=O)[O-])NCCCc1nc(NCC(O)COc2cccc(CN3CCCCC3)c2)n(C)n1. The molecule has 36 heavy (non-hydrogen) atoms. The van der Waals surface area contributed by atoms with Gasteiger partial charge in [0.25, 0.3) is 6.20 Å². The summed E-state index contributed by atoms with van der Waals surface area (Å²) in [6.07, 6.45) is 5.34. The number of nitro groups is 1. The van der Waals surface area contributed by atoms with Gasteiger partial charge in [-0.15, -0.1) is 0 Å². The highest BCUT2D eigenvalue weighted by molar-refractivity contribution is 5.29. The van der Waals surface area contributed by atoms with Crippen molar-refractivity contribution in [3.05, 3.63) is 57.8 Å². The smallest absolute Gasteiger partial charge is 0.274 e. The predicted molar refractivity (Wildman–Crippen MR) is 137 cm³/mol. The molecule has 0 aliphatic carbocycles. The van der Waals surface area contributed by atoms with Gasteiger partial charge in [-0.2, -0.15) is 10.1 Å². The van der Waals surface area contributed by atoms with Gasteiger partial charge in [0.1, 0.15) is 18.5 Å². The summed E-state index contributed by atoms with van der Waals surface area (Å²) in [7, 11) is 3.40. The zero-order valence-electron chi connectivity index (χ0n) is 21.2. The third kappa shape index (κ3) is 9.34. The molecule has 1 atom stereocenters. The van der Waals surface area contributed by atoms with Crippen LogP contribution in [0.25, 0.3) is 0 Å². The molecule has 1 saturated heterocycles. The van der Waals surface area contributed by atoms with Crippen LogP contribution in [0.4, 0.5) is 5.95 Å². The van der Waals surface area contributed by atoms with E-state index >= 15 is 0 Å². The first kappa shape index (κ1) is 27.2. The van der Waals surface area contributed by atoms with Crippen LogP contribution in [0.5, 0.6) is 5.75 Å². The van der Waals surface area contributed by atoms with Gasteiger partial charge in [-0.25, -0.2) is 4.68 Å². The fourth-order valence-electron chi connectivity index (χ4n) is 4.04. The van der Waals surface area contributed by atoms with Crippen molar-refractivity contribution in [3.8, 4) is 5.75 Å². The van der Waals surface area contributed by atoms with Crippen LogP contribution >= 0.6 is 0 Å². The van der Waals surface area contributed by atoms with E-state index in [1.165, 1.54) is 24.8 Å². The molecule has 0 bridgehead atoms. The number of aromatic nitrogens is 3. The molecule has 1 fully saturated rings. The Bertz CT molecular complexity index is 990. The minimum atomic E-state index is -0.714. The van der Waals surface area contributed by atoms with E-state index in [0.717, 1.165) is 31.6 Å². The Balaban J connectivity index is 1.38. The van der Waals surface area contributed by atoms with E-state index in [1.54, 1.807) is 18.8 Å². The maximum Gasteiger partial charge on any atom is 0.274 e. The number of hydrogen-bond acceptors (Lipinski definition) is 10. The maximum atomic E-state index is 10.6. The van der Waals surface area contributed by atoms with E-state index in [1.807, 2.05) is 18.2 Å². The standard InChI is InChI=1S/C24H38N8O4/c1-25-23(17-32(34)35)26-11-7-10-22-28-24(30(2)29-22)27-15-20(33)18-36-21-9-6-8-19(14-21)16-31-12-4-3-5-13-31/h6,8-9,14,17,20,25-26,33H,3-5,7,10-13,15-16,18H2,1-2H3,(H,27,28,29). The minimum Gasteiger partial charge on any atom is -0.491 e. The van der Waals surface area contributed by atoms with E-state index in [4.69, 9.17) is 4.74 Å². The number of benzene rings is 1. The lowest BCUT2D eigenvalue weighted by Gasteiger charge is -2.26. The highest BCUT2D eigenvalue weighted by Crippen LogP contribution is 2.18. The molecule has 1 unspecified atom stereocenters. The molecule has 1 aliphatic rings. The fourth-order valence-corrected chi connectivity index (χ4v) is 4.04. The molecule has 4 N–H and O–H groups in total. The van der Waals surface area contributed by atoms with Crippen molar-refractivity contribution in [2.75, 3.05) is 45.2 Å². The number of hydrogen-bond donors (Lipinski definition) is 4. The second-order valence-electron chi connectivity index (χ2n) is 8.91. The second kappa shape index (κ2) is 14.2. The molecule has 1 aromatic carbocycles. The molecule has 12 heteroatoms. The Hall–Kier alpha value is -3.38. The lowest BCUT2D eigenvalue weighted by molar-refractivity contribution is -0.404. The number of aryl methyl sites for hydroxylation is 2. The van der Waals surface area contributed by atoms with Gasteiger partial charge in [-0.05, 0) is 50.0 Å². The van der Waals surface area contributed by atoms with Gasteiger partial charge in [0.15, 0.2) is 11.6 Å². The van der Waals surface area contributed by atoms with E-state index in [-0.39, 0.29) is 13.2 Å². The topological polar surface area (TPSA) is 143 Å². The Kier molecular flexibility index (Phi) is 10.8. The molecule has 198 valence electrons. The van der Waals surface area contributed by atoms with Gasteiger partial charge in [-0.3, -0.25) is 15.0 Å². The van der Waals surface area contributed by atoms with Gasteiger partial charge >= 0.3 is 0 Å². The number of aliphatic hydroxyl groups excluding tert-OH is 1. The van der Waals surface area contributed by atoms with Crippen molar-refractivity contribution in [1.82, 2.24) is 30.3 Å². The molecular formula is C24H38N8O4. The summed E-state index contributed by atoms with van der Waals surface area (Å²) < 4.78 is 7.46. The Morgan fingerprint density at radius 1 is 1.33 bits per heavy atom. The summed E-state index contributed by atoms with van der Waals surface area (Å²) in [5.41, 5.74) is 1.22. The number of piperidine rings is 1. The van der Waals surface area contributed by atoms with Gasteiger partial charge in [0, 0.05) is 40.2 Å². The lowest BCUT2D eigenvalue weighted by Crippen LogP contribution is -2.29. The van der Waals surface area contributed by atoms with Crippen LogP contribution in [0.1, 0.15) is 37.1 Å². The van der Waals surface area contributed by atoms with Crippen LogP contribution in [-0.2, 0) is 20.0 Å². The van der Waals surface area contributed by atoms with E-state index in [9.17, 15) is 15.2 Å². The number of rotatable bonds is 15. The zero-order chi connectivity index (χ0) is 25.8. The fraction of sp³-hybridized carbons (Fsp3) is 0.583. The van der Waals surface area contributed by atoms with Crippen LogP contribution in [0.2, 0.25) is 0 Å². The Labute approximate surface area is 211 Å². The van der Waals surface area contributed by atoms with Crippen molar-refractivity contribution in [3.63, 3.8) is 0 Å². The van der Waals surface area contributed by atoms with Gasteiger partial charge in [0.2, 0.25) is 5.95 Å². The second-order valence-corrected chi connectivity index (χ2v) is 8.91. The number of nitrogens with one attached hydrogen (secondary N) is 3. The molecular weight excluding hydrogens is 464 g/mol. The first-order valence-corrected chi connectivity index (χ1v) is 12.5. The summed E-state index contributed by atoms with van der Waals surface area (Å²) in [6.45, 7) is 4.21. The predicted octanol–water partition coefficient (Wildman–Crippen LogP) is 1.47. The quantitative estimate of drug-likeness (QED) is 0.161. The van der Waals surface area contributed by atoms with Crippen molar-refractivity contribution in [1.29, 1.82) is 0 Å². The number of anilines is 1.